The fourth-order valence-electron chi connectivity index (χ4n) is 1.95. The molecule has 0 aliphatic heterocycles. The van der Waals surface area contributed by atoms with Crippen LogP contribution in [0.5, 0.6) is 0 Å². The van der Waals surface area contributed by atoms with Gasteiger partial charge < -0.3 is 5.32 Å². The van der Waals surface area contributed by atoms with Gasteiger partial charge in [-0.1, -0.05) is 37.6 Å². The highest BCUT2D eigenvalue weighted by molar-refractivity contribution is 6.30. The Kier molecular flexibility index (Phi) is 5.12. The van der Waals surface area contributed by atoms with E-state index in [1.54, 1.807) is 12.1 Å². The van der Waals surface area contributed by atoms with Gasteiger partial charge in [-0.2, -0.15) is 0 Å². The van der Waals surface area contributed by atoms with Crippen LogP contribution in [0.3, 0.4) is 0 Å². The molecular formula is C16H19ClFN3. The van der Waals surface area contributed by atoms with Gasteiger partial charge in [0.25, 0.3) is 0 Å². The number of hydrogen-bond donors (Lipinski definition) is 1. The molecule has 0 amide bonds. The maximum Gasteiger partial charge on any atom is 0.137 e. The third-order valence-corrected chi connectivity index (χ3v) is 3.58. The van der Waals surface area contributed by atoms with Crippen LogP contribution in [0.4, 0.5) is 10.2 Å². The summed E-state index contributed by atoms with van der Waals surface area (Å²) in [5.41, 5.74) is 1.78. The van der Waals surface area contributed by atoms with Crippen molar-refractivity contribution in [2.24, 2.45) is 0 Å². The molecule has 0 aliphatic carbocycles. The molecule has 0 aliphatic rings. The molecular weight excluding hydrogens is 289 g/mol. The fraction of sp³-hybridized carbons (Fsp3) is 0.375. The van der Waals surface area contributed by atoms with Gasteiger partial charge >= 0.3 is 0 Å². The van der Waals surface area contributed by atoms with Crippen molar-refractivity contribution in [2.45, 2.75) is 33.1 Å². The van der Waals surface area contributed by atoms with Crippen molar-refractivity contribution in [1.29, 1.82) is 0 Å². The molecule has 112 valence electrons. The van der Waals surface area contributed by atoms with Crippen LogP contribution in [0.2, 0.25) is 5.15 Å². The van der Waals surface area contributed by atoms with Gasteiger partial charge in [-0.25, -0.2) is 14.4 Å². The fourth-order valence-corrected chi connectivity index (χ4v) is 2.13. The second kappa shape index (κ2) is 6.85. The van der Waals surface area contributed by atoms with E-state index in [-0.39, 0.29) is 11.7 Å². The lowest BCUT2D eigenvalue weighted by Gasteiger charge is -2.13. The second-order valence-electron chi connectivity index (χ2n) is 5.31. The van der Waals surface area contributed by atoms with E-state index < -0.39 is 0 Å². The summed E-state index contributed by atoms with van der Waals surface area (Å²) >= 11 is 6.14. The van der Waals surface area contributed by atoms with Gasteiger partial charge in [0, 0.05) is 18.0 Å². The zero-order valence-electron chi connectivity index (χ0n) is 12.5. The van der Waals surface area contributed by atoms with Gasteiger partial charge in [0.1, 0.15) is 22.6 Å². The van der Waals surface area contributed by atoms with Crippen molar-refractivity contribution in [2.75, 3.05) is 11.9 Å². The zero-order valence-corrected chi connectivity index (χ0v) is 13.2. The molecule has 0 saturated carbocycles. The molecule has 3 nitrogen and oxygen atoms in total. The summed E-state index contributed by atoms with van der Waals surface area (Å²) in [5.74, 6) is 1.47. The Hall–Kier alpha value is -1.68. The molecule has 21 heavy (non-hydrogen) atoms. The highest BCUT2D eigenvalue weighted by Gasteiger charge is 2.11. The normalized spacial score (nSPS) is 11.0. The molecule has 2 rings (SSSR count). The molecule has 1 aromatic carbocycles. The van der Waals surface area contributed by atoms with Gasteiger partial charge in [-0.15, -0.1) is 0 Å². The minimum absolute atomic E-state index is 0.212. The molecule has 0 unspecified atom stereocenters. The minimum Gasteiger partial charge on any atom is -0.369 e. The summed E-state index contributed by atoms with van der Waals surface area (Å²) < 4.78 is 13.1. The average Bonchev–Trinajstić information content (AvgIpc) is 2.43. The number of hydrogen-bond acceptors (Lipinski definition) is 3. The molecule has 0 fully saturated rings. The van der Waals surface area contributed by atoms with Crippen LogP contribution in [0.25, 0.3) is 0 Å². The predicted octanol–water partition coefficient (Wildman–Crippen LogP) is 4.36. The van der Waals surface area contributed by atoms with Crippen LogP contribution >= 0.6 is 11.6 Å². The molecule has 0 spiro atoms. The van der Waals surface area contributed by atoms with Crippen LogP contribution in [-0.2, 0) is 6.42 Å². The third-order valence-electron chi connectivity index (χ3n) is 3.22. The van der Waals surface area contributed by atoms with Gasteiger partial charge in [0.05, 0.1) is 0 Å². The Morgan fingerprint density at radius 1 is 1.29 bits per heavy atom. The summed E-state index contributed by atoms with van der Waals surface area (Å²) in [6.45, 7) is 6.60. The second-order valence-corrected chi connectivity index (χ2v) is 5.67. The van der Waals surface area contributed by atoms with Gasteiger partial charge in [-0.3, -0.25) is 0 Å². The number of anilines is 1. The lowest BCUT2D eigenvalue weighted by Crippen LogP contribution is -2.11. The van der Waals surface area contributed by atoms with Gasteiger partial charge in [0.2, 0.25) is 0 Å². The van der Waals surface area contributed by atoms with E-state index in [1.807, 2.05) is 26.8 Å². The summed E-state index contributed by atoms with van der Waals surface area (Å²) in [4.78, 5) is 8.78. The Labute approximate surface area is 129 Å². The lowest BCUT2D eigenvalue weighted by molar-refractivity contribution is 0.625. The zero-order chi connectivity index (χ0) is 15.4. The monoisotopic (exact) mass is 307 g/mol. The summed E-state index contributed by atoms with van der Waals surface area (Å²) in [6.07, 6.45) is 0.718. The van der Waals surface area contributed by atoms with E-state index in [9.17, 15) is 4.39 Å². The maximum absolute atomic E-state index is 13.1. The topological polar surface area (TPSA) is 37.8 Å². The van der Waals surface area contributed by atoms with E-state index in [4.69, 9.17) is 11.6 Å². The number of benzene rings is 1. The van der Waals surface area contributed by atoms with E-state index in [2.05, 4.69) is 15.3 Å². The van der Waals surface area contributed by atoms with Crippen LogP contribution in [0, 0.1) is 12.7 Å². The lowest BCUT2D eigenvalue weighted by atomic mass is 10.1. The Morgan fingerprint density at radius 2 is 2.05 bits per heavy atom. The smallest absolute Gasteiger partial charge is 0.137 e. The predicted molar refractivity (Wildman–Crippen MR) is 84.5 cm³/mol. The van der Waals surface area contributed by atoms with Crippen molar-refractivity contribution in [1.82, 2.24) is 9.97 Å². The SMILES string of the molecule is Cc1c(Cl)nc(C(C)C)nc1NCCc1cccc(F)c1. The van der Waals surface area contributed by atoms with Crippen LogP contribution in [-0.4, -0.2) is 16.5 Å². The highest BCUT2D eigenvalue weighted by Crippen LogP contribution is 2.22. The molecule has 0 atom stereocenters. The van der Waals surface area contributed by atoms with E-state index in [0.29, 0.717) is 11.7 Å². The van der Waals surface area contributed by atoms with Gasteiger partial charge in [-0.05, 0) is 31.0 Å². The molecule has 1 heterocycles. The quantitative estimate of drug-likeness (QED) is 0.834. The van der Waals surface area contributed by atoms with Crippen molar-refractivity contribution in [3.63, 3.8) is 0 Å². The molecule has 1 aromatic heterocycles. The first-order valence-electron chi connectivity index (χ1n) is 6.99. The standard InChI is InChI=1S/C16H19ClFN3/c1-10(2)15-20-14(17)11(3)16(21-15)19-8-7-12-5-4-6-13(18)9-12/h4-6,9-10H,7-8H2,1-3H3,(H,19,20,21). The van der Waals surface area contributed by atoms with E-state index in [0.717, 1.165) is 29.2 Å². The maximum atomic E-state index is 13.1. The molecule has 0 saturated heterocycles. The minimum atomic E-state index is -0.212. The largest absolute Gasteiger partial charge is 0.369 e. The van der Waals surface area contributed by atoms with Crippen molar-refractivity contribution < 1.29 is 4.39 Å². The molecule has 5 heteroatoms. The number of halogens is 2. The van der Waals surface area contributed by atoms with Crippen molar-refractivity contribution in [3.8, 4) is 0 Å². The molecule has 0 radical (unpaired) electrons. The number of nitrogens with one attached hydrogen (secondary N) is 1. The molecule has 1 N–H and O–H groups in total. The Morgan fingerprint density at radius 3 is 2.71 bits per heavy atom. The summed E-state index contributed by atoms with van der Waals surface area (Å²) in [7, 11) is 0. The first-order valence-corrected chi connectivity index (χ1v) is 7.37. The first kappa shape index (κ1) is 15.7. The van der Waals surface area contributed by atoms with Crippen LogP contribution in [0.1, 0.15) is 36.7 Å². The number of aromatic nitrogens is 2. The highest BCUT2D eigenvalue weighted by atomic mass is 35.5. The first-order chi connectivity index (χ1) is 9.97. The molecule has 2 aromatic rings. The van der Waals surface area contributed by atoms with E-state index in [1.165, 1.54) is 6.07 Å². The number of nitrogens with zero attached hydrogens (tertiary/aromatic N) is 2. The van der Waals surface area contributed by atoms with Gasteiger partial charge in [0.15, 0.2) is 0 Å². The Balaban J connectivity index is 2.06. The van der Waals surface area contributed by atoms with Crippen LogP contribution < -0.4 is 5.32 Å². The average molecular weight is 308 g/mol. The summed E-state index contributed by atoms with van der Waals surface area (Å²) in [6, 6.07) is 6.61. The van der Waals surface area contributed by atoms with Crippen molar-refractivity contribution in [3.05, 3.63) is 52.2 Å². The number of rotatable bonds is 5. The third kappa shape index (κ3) is 4.14. The molecule has 0 bridgehead atoms. The van der Waals surface area contributed by atoms with E-state index >= 15 is 0 Å². The van der Waals surface area contributed by atoms with Crippen molar-refractivity contribution >= 4 is 17.4 Å². The van der Waals surface area contributed by atoms with Crippen LogP contribution in [0.15, 0.2) is 24.3 Å². The summed E-state index contributed by atoms with van der Waals surface area (Å²) in [5, 5.41) is 3.73. The Bertz CT molecular complexity index is 629.